The fraction of sp³-hybridized carbons (Fsp3) is 0.815. The minimum absolute atomic E-state index is 0.00633. The zero-order chi connectivity index (χ0) is 55.2. The van der Waals surface area contributed by atoms with Gasteiger partial charge in [0.1, 0.15) is 24.4 Å². The number of rotatable bonds is 54. The number of nitrogens with one attached hydrogen (secondary N) is 1. The predicted molar refractivity (Wildman–Crippen MR) is 315 cm³/mol. The molecule has 11 nitrogen and oxygen atoms in total. The van der Waals surface area contributed by atoms with E-state index in [-0.39, 0.29) is 18.5 Å². The third kappa shape index (κ3) is 43.3. The molecule has 0 bridgehead atoms. The van der Waals surface area contributed by atoms with Gasteiger partial charge in [0.15, 0.2) is 6.29 Å². The van der Waals surface area contributed by atoms with Gasteiger partial charge in [-0.25, -0.2) is 0 Å². The number of carbonyl (C=O) groups is 2. The molecule has 0 aromatic heterocycles. The second-order valence-electron chi connectivity index (χ2n) is 21.7. The van der Waals surface area contributed by atoms with E-state index in [2.05, 4.69) is 67.8 Å². The second kappa shape index (κ2) is 54.3. The molecule has 11 heteroatoms. The molecule has 7 unspecified atom stereocenters. The first-order chi connectivity index (χ1) is 37.2. The summed E-state index contributed by atoms with van der Waals surface area (Å²) in [5.74, 6) is -0.214. The van der Waals surface area contributed by atoms with Crippen LogP contribution in [0, 0.1) is 0 Å². The third-order valence-electron chi connectivity index (χ3n) is 14.6. The van der Waals surface area contributed by atoms with E-state index < -0.39 is 49.5 Å². The van der Waals surface area contributed by atoms with Gasteiger partial charge in [-0.15, -0.1) is 0 Å². The van der Waals surface area contributed by atoms with Crippen LogP contribution >= 0.6 is 0 Å². The van der Waals surface area contributed by atoms with Crippen LogP contribution in [0.15, 0.2) is 60.8 Å². The van der Waals surface area contributed by atoms with Gasteiger partial charge in [-0.2, -0.15) is 0 Å². The van der Waals surface area contributed by atoms with Gasteiger partial charge < -0.3 is 45.1 Å². The van der Waals surface area contributed by atoms with E-state index in [0.717, 1.165) is 103 Å². The molecule has 0 aromatic rings. The summed E-state index contributed by atoms with van der Waals surface area (Å²) in [7, 11) is 0. The highest BCUT2D eigenvalue weighted by atomic mass is 16.7. The van der Waals surface area contributed by atoms with Gasteiger partial charge in [-0.05, 0) is 89.9 Å². The lowest BCUT2D eigenvalue weighted by Crippen LogP contribution is -2.60. The molecular weight excluding hydrogens is 955 g/mol. The number of unbranched alkanes of at least 4 members (excludes halogenated alkanes) is 32. The summed E-state index contributed by atoms with van der Waals surface area (Å²) in [6.07, 6.45) is 60.3. The average Bonchev–Trinajstić information content (AvgIpc) is 3.42. The van der Waals surface area contributed by atoms with Crippen LogP contribution in [0.2, 0.25) is 0 Å². The van der Waals surface area contributed by atoms with Crippen LogP contribution in [-0.2, 0) is 23.8 Å². The molecule has 6 N–H and O–H groups in total. The first-order valence-electron chi connectivity index (χ1n) is 31.6. The van der Waals surface area contributed by atoms with Gasteiger partial charge in [-0.1, -0.05) is 235 Å². The average molecular weight is 1070 g/mol. The number of hydrogen-bond donors (Lipinski definition) is 6. The molecule has 0 aliphatic carbocycles. The van der Waals surface area contributed by atoms with Crippen molar-refractivity contribution in [1.29, 1.82) is 0 Å². The summed E-state index contributed by atoms with van der Waals surface area (Å²) < 4.78 is 16.7. The van der Waals surface area contributed by atoms with E-state index in [4.69, 9.17) is 14.2 Å². The van der Waals surface area contributed by atoms with Gasteiger partial charge in [0, 0.05) is 12.8 Å². The van der Waals surface area contributed by atoms with E-state index in [0.29, 0.717) is 19.4 Å². The van der Waals surface area contributed by atoms with E-state index in [9.17, 15) is 35.1 Å². The topological polar surface area (TPSA) is 175 Å². The van der Waals surface area contributed by atoms with Crippen molar-refractivity contribution in [3.63, 3.8) is 0 Å². The van der Waals surface area contributed by atoms with Gasteiger partial charge in [0.05, 0.1) is 32.0 Å². The van der Waals surface area contributed by atoms with Crippen LogP contribution in [0.4, 0.5) is 0 Å². The summed E-state index contributed by atoms with van der Waals surface area (Å²) in [5.41, 5.74) is 0. The van der Waals surface area contributed by atoms with Crippen LogP contribution in [0.25, 0.3) is 0 Å². The van der Waals surface area contributed by atoms with Crippen LogP contribution in [0.3, 0.4) is 0 Å². The van der Waals surface area contributed by atoms with Crippen molar-refractivity contribution in [1.82, 2.24) is 5.32 Å². The largest absolute Gasteiger partial charge is 0.466 e. The Bertz CT molecular complexity index is 1450. The van der Waals surface area contributed by atoms with Crippen LogP contribution in [0.5, 0.6) is 0 Å². The minimum atomic E-state index is -1.58. The molecule has 1 heterocycles. The Morgan fingerprint density at radius 2 is 0.895 bits per heavy atom. The molecule has 76 heavy (non-hydrogen) atoms. The number of amides is 1. The van der Waals surface area contributed by atoms with E-state index in [1.807, 2.05) is 6.08 Å². The Morgan fingerprint density at radius 1 is 0.487 bits per heavy atom. The van der Waals surface area contributed by atoms with Crippen molar-refractivity contribution in [2.45, 2.75) is 320 Å². The number of ether oxygens (including phenoxy) is 3. The van der Waals surface area contributed by atoms with Crippen LogP contribution in [0.1, 0.15) is 277 Å². The molecule has 1 aliphatic heterocycles. The lowest BCUT2D eigenvalue weighted by Gasteiger charge is -2.40. The summed E-state index contributed by atoms with van der Waals surface area (Å²) in [6.45, 7) is 4.29. The number of aliphatic hydroxyl groups is 5. The number of esters is 1. The fourth-order valence-electron chi connectivity index (χ4n) is 9.56. The zero-order valence-corrected chi connectivity index (χ0v) is 48.7. The molecule has 0 aromatic carbocycles. The maximum Gasteiger partial charge on any atom is 0.305 e. The first kappa shape index (κ1) is 71.4. The maximum atomic E-state index is 13.0. The second-order valence-corrected chi connectivity index (χ2v) is 21.7. The molecule has 1 aliphatic rings. The number of allylic oxidation sites excluding steroid dienone is 9. The summed E-state index contributed by atoms with van der Waals surface area (Å²) in [4.78, 5) is 25.1. The molecule has 0 saturated carbocycles. The van der Waals surface area contributed by atoms with E-state index >= 15 is 0 Å². The van der Waals surface area contributed by atoms with Crippen molar-refractivity contribution in [3.8, 4) is 0 Å². The lowest BCUT2D eigenvalue weighted by molar-refractivity contribution is -0.302. The highest BCUT2D eigenvalue weighted by Gasteiger charge is 2.44. The number of carbonyl (C=O) groups excluding carboxylic acids is 2. The summed E-state index contributed by atoms with van der Waals surface area (Å²) in [6, 6.07) is -0.843. The van der Waals surface area contributed by atoms with Gasteiger partial charge in [0.2, 0.25) is 5.91 Å². The Hall–Kier alpha value is -2.64. The van der Waals surface area contributed by atoms with E-state index in [1.165, 1.54) is 148 Å². The summed E-state index contributed by atoms with van der Waals surface area (Å²) >= 11 is 0. The predicted octanol–water partition coefficient (Wildman–Crippen LogP) is 15.0. The molecule has 0 spiro atoms. The van der Waals surface area contributed by atoms with Crippen LogP contribution < -0.4 is 5.32 Å². The third-order valence-corrected chi connectivity index (χ3v) is 14.6. The Morgan fingerprint density at radius 3 is 1.39 bits per heavy atom. The van der Waals surface area contributed by atoms with Crippen molar-refractivity contribution in [2.75, 3.05) is 19.8 Å². The number of aliphatic hydroxyl groups excluding tert-OH is 5. The van der Waals surface area contributed by atoms with Crippen molar-refractivity contribution < 1.29 is 49.3 Å². The van der Waals surface area contributed by atoms with Gasteiger partial charge >= 0.3 is 5.97 Å². The number of hydrogen-bond acceptors (Lipinski definition) is 10. The van der Waals surface area contributed by atoms with Gasteiger partial charge in [0.25, 0.3) is 0 Å². The molecule has 1 amide bonds. The Balaban J connectivity index is 2.11. The van der Waals surface area contributed by atoms with E-state index in [1.54, 1.807) is 6.08 Å². The highest BCUT2D eigenvalue weighted by molar-refractivity contribution is 5.76. The van der Waals surface area contributed by atoms with Crippen molar-refractivity contribution >= 4 is 11.9 Å². The van der Waals surface area contributed by atoms with Crippen molar-refractivity contribution in [3.05, 3.63) is 60.8 Å². The highest BCUT2D eigenvalue weighted by Crippen LogP contribution is 2.23. The van der Waals surface area contributed by atoms with Crippen LogP contribution in [-0.4, -0.2) is 100 Å². The standard InChI is InChI=1S/C65H117NO10/c1-3-5-7-9-11-13-15-16-28-32-35-39-43-47-51-58(68)57(56-75-65-64(73)63(72)62(71)59(55-67)76-65)66-60(69)52-48-44-40-36-33-29-26-24-22-20-18-17-19-21-23-25-27-30-34-38-42-46-50-54-74-61(70)53-49-45-41-37-31-14-12-10-8-6-4-2/h13,15,17,19-20,22,32,35,47,51,57-59,62-65,67-68,71-73H,3-12,14,16,18,21,23-31,33-34,36-46,48-50,52-56H2,1-2H3,(H,66,69)/b15-13+,19-17-,22-20-,35-32+,51-47+. The smallest absolute Gasteiger partial charge is 0.305 e. The molecule has 1 saturated heterocycles. The Kier molecular flexibility index (Phi) is 51.0. The first-order valence-corrected chi connectivity index (χ1v) is 31.6. The molecule has 7 atom stereocenters. The summed E-state index contributed by atoms with van der Waals surface area (Å²) in [5, 5.41) is 54.4. The molecular formula is C65H117NO10. The molecule has 442 valence electrons. The minimum Gasteiger partial charge on any atom is -0.466 e. The zero-order valence-electron chi connectivity index (χ0n) is 48.7. The quantitative estimate of drug-likeness (QED) is 0.0195. The SMILES string of the molecule is CCCCCC/C=C/CC/C=C/CC/C=C/C(O)C(COC1OC(CO)C(O)C(O)C1O)NC(=O)CCCCCCCCC/C=C\C/C=C\CCCCCCCCCCCOC(=O)CCCCCCCCCCCCC. The molecule has 0 radical (unpaired) electrons. The monoisotopic (exact) mass is 1070 g/mol. The van der Waals surface area contributed by atoms with Crippen molar-refractivity contribution in [2.24, 2.45) is 0 Å². The van der Waals surface area contributed by atoms with Gasteiger partial charge in [-0.3, -0.25) is 9.59 Å². The maximum absolute atomic E-state index is 13.0. The molecule has 1 fully saturated rings. The molecule has 1 rings (SSSR count). The lowest BCUT2D eigenvalue weighted by atomic mass is 9.99. The normalized spacial score (nSPS) is 19.1. The fourth-order valence-corrected chi connectivity index (χ4v) is 9.56. The Labute approximate surface area is 465 Å².